The fourth-order valence-corrected chi connectivity index (χ4v) is 2.55. The Morgan fingerprint density at radius 1 is 0.667 bits per heavy atom. The van der Waals surface area contributed by atoms with Gasteiger partial charge in [-0.3, -0.25) is 4.90 Å². The largest absolute Gasteiger partial charge is 0.263 e. The monoisotopic (exact) mass is 361 g/mol. The molecule has 0 amide bonds. The molecule has 1 aromatic carbocycles. The highest BCUT2D eigenvalue weighted by molar-refractivity contribution is 5.69. The summed E-state index contributed by atoms with van der Waals surface area (Å²) < 4.78 is 0. The van der Waals surface area contributed by atoms with E-state index in [0.717, 1.165) is 23.2 Å². The summed E-state index contributed by atoms with van der Waals surface area (Å²) in [6.07, 6.45) is 1.78. The minimum atomic E-state index is -0.190. The van der Waals surface area contributed by atoms with Crippen molar-refractivity contribution >= 4 is 17.5 Å². The Kier molecular flexibility index (Phi) is 4.96. The highest BCUT2D eigenvalue weighted by atomic mass is 15.3. The summed E-state index contributed by atoms with van der Waals surface area (Å²) in [5.74, 6) is 2.91. The van der Waals surface area contributed by atoms with E-state index in [4.69, 9.17) is 15.0 Å². The molecule has 5 heteroatoms. The Hall–Kier alpha value is -2.82. The molecule has 0 fully saturated rings. The predicted octanol–water partition coefficient (Wildman–Crippen LogP) is 5.33. The second-order valence-electron chi connectivity index (χ2n) is 8.64. The standard InChI is InChI=1S/C22H27N5/c1-21(2,3)18-24-19(22(4,5)6)26-20(25-18)27(16-12-8-7-9-13-16)17-14-10-11-15-23-17/h7-15H,1-6H3. The van der Waals surface area contributed by atoms with Gasteiger partial charge in [-0.25, -0.2) is 9.97 Å². The molecule has 0 spiro atoms. The van der Waals surface area contributed by atoms with Crippen LogP contribution in [0.25, 0.3) is 0 Å². The van der Waals surface area contributed by atoms with Gasteiger partial charge in [0.05, 0.1) is 5.69 Å². The number of para-hydroxylation sites is 1. The van der Waals surface area contributed by atoms with Gasteiger partial charge in [-0.05, 0) is 24.3 Å². The number of hydrogen-bond donors (Lipinski definition) is 0. The zero-order valence-corrected chi connectivity index (χ0v) is 16.9. The van der Waals surface area contributed by atoms with Crippen molar-refractivity contribution in [3.63, 3.8) is 0 Å². The molecule has 27 heavy (non-hydrogen) atoms. The SMILES string of the molecule is CC(C)(C)c1nc(N(c2ccccc2)c2ccccn2)nc(C(C)(C)C)n1. The Balaban J connectivity index is 2.26. The summed E-state index contributed by atoms with van der Waals surface area (Å²) in [5, 5.41) is 0. The Bertz CT molecular complexity index is 822. The fraction of sp³-hybridized carbons (Fsp3) is 0.364. The third-order valence-corrected chi connectivity index (χ3v) is 4.06. The minimum Gasteiger partial charge on any atom is -0.263 e. The minimum absolute atomic E-state index is 0.190. The molecule has 0 saturated heterocycles. The van der Waals surface area contributed by atoms with E-state index in [-0.39, 0.29) is 10.8 Å². The molecule has 0 radical (unpaired) electrons. The number of nitrogens with zero attached hydrogens (tertiary/aromatic N) is 5. The van der Waals surface area contributed by atoms with E-state index in [2.05, 4.69) is 46.5 Å². The van der Waals surface area contributed by atoms with E-state index in [1.807, 2.05) is 53.4 Å². The van der Waals surface area contributed by atoms with Gasteiger partial charge in [0.25, 0.3) is 0 Å². The summed E-state index contributed by atoms with van der Waals surface area (Å²) >= 11 is 0. The number of benzene rings is 1. The number of anilines is 3. The van der Waals surface area contributed by atoms with E-state index < -0.39 is 0 Å². The second-order valence-corrected chi connectivity index (χ2v) is 8.64. The summed E-state index contributed by atoms with van der Waals surface area (Å²) in [6, 6.07) is 15.9. The highest BCUT2D eigenvalue weighted by Gasteiger charge is 2.27. The molecular formula is C22H27N5. The number of rotatable bonds is 3. The van der Waals surface area contributed by atoms with Gasteiger partial charge in [0.1, 0.15) is 17.5 Å². The van der Waals surface area contributed by atoms with Crippen LogP contribution in [0.5, 0.6) is 0 Å². The molecule has 0 aliphatic carbocycles. The lowest BCUT2D eigenvalue weighted by molar-refractivity contribution is 0.496. The molecule has 0 N–H and O–H groups in total. The normalized spacial score (nSPS) is 12.1. The lowest BCUT2D eigenvalue weighted by Gasteiger charge is -2.27. The summed E-state index contributed by atoms with van der Waals surface area (Å²) in [5.41, 5.74) is 0.580. The lowest BCUT2D eigenvalue weighted by Crippen LogP contribution is -2.26. The molecular weight excluding hydrogens is 334 g/mol. The third-order valence-electron chi connectivity index (χ3n) is 4.06. The molecule has 140 valence electrons. The van der Waals surface area contributed by atoms with Crippen molar-refractivity contribution in [2.24, 2.45) is 0 Å². The first-order valence-corrected chi connectivity index (χ1v) is 9.19. The van der Waals surface area contributed by atoms with Crippen LogP contribution in [0.4, 0.5) is 17.5 Å². The van der Waals surface area contributed by atoms with Gasteiger partial charge in [0.2, 0.25) is 5.95 Å². The van der Waals surface area contributed by atoms with Gasteiger partial charge in [-0.1, -0.05) is 65.8 Å². The lowest BCUT2D eigenvalue weighted by atomic mass is 9.93. The van der Waals surface area contributed by atoms with Crippen LogP contribution in [0.1, 0.15) is 53.2 Å². The number of pyridine rings is 1. The first kappa shape index (κ1) is 19.0. The Morgan fingerprint density at radius 3 is 1.70 bits per heavy atom. The van der Waals surface area contributed by atoms with Crippen molar-refractivity contribution in [2.45, 2.75) is 52.4 Å². The zero-order valence-electron chi connectivity index (χ0n) is 16.9. The molecule has 2 aromatic heterocycles. The van der Waals surface area contributed by atoms with Crippen LogP contribution in [0.2, 0.25) is 0 Å². The summed E-state index contributed by atoms with van der Waals surface area (Å²) in [4.78, 5) is 21.0. The van der Waals surface area contributed by atoms with Crippen LogP contribution in [-0.4, -0.2) is 19.9 Å². The predicted molar refractivity (Wildman–Crippen MR) is 110 cm³/mol. The van der Waals surface area contributed by atoms with Crippen molar-refractivity contribution in [1.29, 1.82) is 0 Å². The maximum absolute atomic E-state index is 4.83. The second kappa shape index (κ2) is 7.06. The van der Waals surface area contributed by atoms with Crippen molar-refractivity contribution in [1.82, 2.24) is 19.9 Å². The van der Waals surface area contributed by atoms with E-state index in [9.17, 15) is 0 Å². The molecule has 0 unspecified atom stereocenters. The molecule has 0 bridgehead atoms. The first-order chi connectivity index (χ1) is 12.7. The van der Waals surface area contributed by atoms with Crippen LogP contribution in [0, 0.1) is 0 Å². The smallest absolute Gasteiger partial charge is 0.239 e. The number of hydrogen-bond acceptors (Lipinski definition) is 5. The zero-order chi connectivity index (χ0) is 19.7. The molecule has 0 saturated carbocycles. The maximum atomic E-state index is 4.83. The molecule has 3 rings (SSSR count). The summed E-state index contributed by atoms with van der Waals surface area (Å²) in [6.45, 7) is 12.7. The highest BCUT2D eigenvalue weighted by Crippen LogP contribution is 2.33. The molecule has 0 atom stereocenters. The molecule has 3 aromatic rings. The maximum Gasteiger partial charge on any atom is 0.239 e. The molecule has 0 aliphatic heterocycles. The summed E-state index contributed by atoms with van der Waals surface area (Å²) in [7, 11) is 0. The van der Waals surface area contributed by atoms with Crippen molar-refractivity contribution in [2.75, 3.05) is 4.90 Å². The van der Waals surface area contributed by atoms with E-state index in [1.165, 1.54) is 0 Å². The Labute approximate surface area is 161 Å². The van der Waals surface area contributed by atoms with Crippen LogP contribution in [0.3, 0.4) is 0 Å². The van der Waals surface area contributed by atoms with E-state index >= 15 is 0 Å². The molecule has 2 heterocycles. The first-order valence-electron chi connectivity index (χ1n) is 9.19. The van der Waals surface area contributed by atoms with Crippen molar-refractivity contribution in [3.05, 3.63) is 66.4 Å². The van der Waals surface area contributed by atoms with Crippen LogP contribution in [0.15, 0.2) is 54.7 Å². The fourth-order valence-electron chi connectivity index (χ4n) is 2.55. The number of aromatic nitrogens is 4. The topological polar surface area (TPSA) is 54.8 Å². The van der Waals surface area contributed by atoms with Gasteiger partial charge in [-0.2, -0.15) is 9.97 Å². The van der Waals surface area contributed by atoms with Crippen LogP contribution in [-0.2, 0) is 10.8 Å². The van der Waals surface area contributed by atoms with E-state index in [1.54, 1.807) is 6.20 Å². The van der Waals surface area contributed by atoms with E-state index in [0.29, 0.717) is 5.95 Å². The average Bonchev–Trinajstić information content (AvgIpc) is 2.62. The molecule has 5 nitrogen and oxygen atoms in total. The van der Waals surface area contributed by atoms with Gasteiger partial charge >= 0.3 is 0 Å². The van der Waals surface area contributed by atoms with Gasteiger partial charge in [0, 0.05) is 17.0 Å². The quantitative estimate of drug-likeness (QED) is 0.631. The van der Waals surface area contributed by atoms with Gasteiger partial charge in [0.15, 0.2) is 0 Å². The van der Waals surface area contributed by atoms with Crippen molar-refractivity contribution in [3.8, 4) is 0 Å². The Morgan fingerprint density at radius 2 is 1.22 bits per heavy atom. The third kappa shape index (κ3) is 4.30. The van der Waals surface area contributed by atoms with Crippen LogP contribution < -0.4 is 4.90 Å². The van der Waals surface area contributed by atoms with Gasteiger partial charge in [-0.15, -0.1) is 0 Å². The van der Waals surface area contributed by atoms with Gasteiger partial charge < -0.3 is 0 Å². The van der Waals surface area contributed by atoms with Crippen LogP contribution >= 0.6 is 0 Å². The molecule has 0 aliphatic rings. The average molecular weight is 361 g/mol. The van der Waals surface area contributed by atoms with Crippen molar-refractivity contribution < 1.29 is 0 Å².